The van der Waals surface area contributed by atoms with E-state index in [1.54, 1.807) is 19.3 Å². The third-order valence-corrected chi connectivity index (χ3v) is 3.38. The van der Waals surface area contributed by atoms with Crippen LogP contribution in [-0.4, -0.2) is 33.7 Å². The molecular formula is C12H14N4O3S. The van der Waals surface area contributed by atoms with Crippen molar-refractivity contribution in [2.45, 2.75) is 19.9 Å². The van der Waals surface area contributed by atoms with Gasteiger partial charge in [-0.15, -0.1) is 11.3 Å². The Labute approximate surface area is 119 Å². The van der Waals surface area contributed by atoms with Gasteiger partial charge in [-0.2, -0.15) is 5.10 Å². The lowest BCUT2D eigenvalue weighted by Crippen LogP contribution is -2.26. The molecule has 0 aliphatic carbocycles. The molecule has 1 unspecified atom stereocenters. The first-order valence-electron chi connectivity index (χ1n) is 6.04. The highest BCUT2D eigenvalue weighted by Gasteiger charge is 2.18. The average molecular weight is 294 g/mol. The maximum Gasteiger partial charge on any atom is 0.367 e. The first-order chi connectivity index (χ1) is 9.61. The quantitative estimate of drug-likeness (QED) is 0.815. The van der Waals surface area contributed by atoms with Gasteiger partial charge < -0.3 is 10.1 Å². The summed E-state index contributed by atoms with van der Waals surface area (Å²) in [7, 11) is 0. The van der Waals surface area contributed by atoms with Crippen LogP contribution in [0.4, 0.5) is 0 Å². The highest BCUT2D eigenvalue weighted by Crippen LogP contribution is 2.14. The molecule has 8 heteroatoms. The summed E-state index contributed by atoms with van der Waals surface area (Å²) in [4.78, 5) is 27.4. The van der Waals surface area contributed by atoms with Crippen molar-refractivity contribution in [3.05, 3.63) is 34.0 Å². The number of carbonyl (C=O) groups is 2. The van der Waals surface area contributed by atoms with E-state index in [0.717, 1.165) is 16.9 Å². The van der Waals surface area contributed by atoms with Gasteiger partial charge in [-0.1, -0.05) is 0 Å². The van der Waals surface area contributed by atoms with Gasteiger partial charge in [0.1, 0.15) is 5.69 Å². The maximum atomic E-state index is 12.0. The van der Waals surface area contributed by atoms with Gasteiger partial charge in [-0.05, 0) is 13.8 Å². The fraction of sp³-hybridized carbons (Fsp3) is 0.333. The fourth-order valence-electron chi connectivity index (χ4n) is 1.52. The van der Waals surface area contributed by atoms with Crippen molar-refractivity contribution in [2.24, 2.45) is 0 Å². The molecule has 0 saturated carbocycles. The van der Waals surface area contributed by atoms with E-state index in [2.05, 4.69) is 20.5 Å². The molecule has 0 aromatic carbocycles. The molecule has 0 aliphatic heterocycles. The van der Waals surface area contributed by atoms with E-state index < -0.39 is 5.97 Å². The number of aromatic nitrogens is 3. The van der Waals surface area contributed by atoms with Crippen LogP contribution in [0, 0.1) is 0 Å². The molecule has 0 aliphatic rings. The highest BCUT2D eigenvalue weighted by molar-refractivity contribution is 7.11. The molecule has 0 spiro atoms. The van der Waals surface area contributed by atoms with E-state index in [1.807, 2.05) is 6.92 Å². The van der Waals surface area contributed by atoms with Crippen molar-refractivity contribution in [1.29, 1.82) is 0 Å². The normalized spacial score (nSPS) is 11.9. The maximum absolute atomic E-state index is 12.0. The Balaban J connectivity index is 2.01. The SMILES string of the molecule is CCOC(=O)c1nc(C(=O)NC(C)c2cn[nH]c2)cs1. The van der Waals surface area contributed by atoms with E-state index in [9.17, 15) is 9.59 Å². The molecule has 0 radical (unpaired) electrons. The minimum atomic E-state index is -0.514. The zero-order valence-electron chi connectivity index (χ0n) is 11.0. The number of esters is 1. The predicted octanol–water partition coefficient (Wildman–Crippen LogP) is 1.53. The molecule has 0 bridgehead atoms. The summed E-state index contributed by atoms with van der Waals surface area (Å²) in [6.45, 7) is 3.82. The number of thiazole rings is 1. The molecule has 0 fully saturated rings. The zero-order valence-corrected chi connectivity index (χ0v) is 11.9. The largest absolute Gasteiger partial charge is 0.461 e. The van der Waals surface area contributed by atoms with Crippen LogP contribution in [0.3, 0.4) is 0 Å². The van der Waals surface area contributed by atoms with Gasteiger partial charge in [0.05, 0.1) is 18.8 Å². The Hall–Kier alpha value is -2.22. The molecule has 2 heterocycles. The number of ether oxygens (including phenoxy) is 1. The van der Waals surface area contributed by atoms with Crippen molar-refractivity contribution >= 4 is 23.2 Å². The van der Waals surface area contributed by atoms with Crippen LogP contribution < -0.4 is 5.32 Å². The number of H-pyrrole nitrogens is 1. The third kappa shape index (κ3) is 3.21. The molecule has 1 amide bonds. The summed E-state index contributed by atoms with van der Waals surface area (Å²) in [5.74, 6) is -0.857. The molecule has 1 atom stereocenters. The van der Waals surface area contributed by atoms with Crippen LogP contribution >= 0.6 is 11.3 Å². The molecule has 2 aromatic rings. The summed E-state index contributed by atoms with van der Waals surface area (Å²) >= 11 is 1.09. The van der Waals surface area contributed by atoms with E-state index >= 15 is 0 Å². The van der Waals surface area contributed by atoms with Gasteiger partial charge in [0.15, 0.2) is 0 Å². The summed E-state index contributed by atoms with van der Waals surface area (Å²) in [6, 6.07) is -0.200. The molecular weight excluding hydrogens is 280 g/mol. The molecule has 7 nitrogen and oxygen atoms in total. The van der Waals surface area contributed by atoms with Crippen LogP contribution in [0.25, 0.3) is 0 Å². The van der Waals surface area contributed by atoms with Crippen LogP contribution in [-0.2, 0) is 4.74 Å². The minimum Gasteiger partial charge on any atom is -0.461 e. The number of rotatable bonds is 5. The predicted molar refractivity (Wildman–Crippen MR) is 72.5 cm³/mol. The number of amides is 1. The molecule has 0 saturated heterocycles. The molecule has 2 N–H and O–H groups in total. The smallest absolute Gasteiger partial charge is 0.367 e. The second-order valence-electron chi connectivity index (χ2n) is 3.99. The fourth-order valence-corrected chi connectivity index (χ4v) is 2.21. The standard InChI is InChI=1S/C12H14N4O3S/c1-3-19-12(18)11-16-9(6-20-11)10(17)15-7(2)8-4-13-14-5-8/h4-7H,3H2,1-2H3,(H,13,14)(H,15,17). The van der Waals surface area contributed by atoms with Crippen molar-refractivity contribution < 1.29 is 14.3 Å². The molecule has 106 valence electrons. The molecule has 2 rings (SSSR count). The zero-order chi connectivity index (χ0) is 14.5. The van der Waals surface area contributed by atoms with Gasteiger partial charge in [0, 0.05) is 17.1 Å². The summed E-state index contributed by atoms with van der Waals surface area (Å²) in [6.07, 6.45) is 3.34. The first-order valence-corrected chi connectivity index (χ1v) is 6.92. The lowest BCUT2D eigenvalue weighted by Gasteiger charge is -2.10. The number of hydrogen-bond donors (Lipinski definition) is 2. The number of hydrogen-bond acceptors (Lipinski definition) is 6. The second-order valence-corrected chi connectivity index (χ2v) is 4.84. The highest BCUT2D eigenvalue weighted by atomic mass is 32.1. The Morgan fingerprint density at radius 3 is 3.00 bits per heavy atom. The van der Waals surface area contributed by atoms with E-state index in [-0.39, 0.29) is 29.3 Å². The Kier molecular flexibility index (Phi) is 4.46. The topological polar surface area (TPSA) is 97.0 Å². The van der Waals surface area contributed by atoms with Gasteiger partial charge in [-0.25, -0.2) is 9.78 Å². The van der Waals surface area contributed by atoms with Gasteiger partial charge in [0.2, 0.25) is 5.01 Å². The van der Waals surface area contributed by atoms with Crippen LogP contribution in [0.15, 0.2) is 17.8 Å². The van der Waals surface area contributed by atoms with E-state index in [1.165, 1.54) is 5.38 Å². The molecule has 2 aromatic heterocycles. The van der Waals surface area contributed by atoms with Crippen LogP contribution in [0.1, 0.15) is 45.7 Å². The summed E-state index contributed by atoms with van der Waals surface area (Å²) in [5.41, 5.74) is 1.06. The lowest BCUT2D eigenvalue weighted by atomic mass is 10.2. The summed E-state index contributed by atoms with van der Waals surface area (Å²) in [5, 5.41) is 11.0. The number of carbonyl (C=O) groups excluding carboxylic acids is 2. The van der Waals surface area contributed by atoms with Gasteiger partial charge >= 0.3 is 5.97 Å². The van der Waals surface area contributed by atoms with Crippen molar-refractivity contribution in [3.63, 3.8) is 0 Å². The Bertz CT molecular complexity index is 594. The number of nitrogens with zero attached hydrogens (tertiary/aromatic N) is 2. The molecule has 20 heavy (non-hydrogen) atoms. The van der Waals surface area contributed by atoms with Crippen molar-refractivity contribution in [3.8, 4) is 0 Å². The first kappa shape index (κ1) is 14.2. The van der Waals surface area contributed by atoms with Crippen molar-refractivity contribution in [2.75, 3.05) is 6.61 Å². The van der Waals surface area contributed by atoms with Crippen LogP contribution in [0.5, 0.6) is 0 Å². The third-order valence-electron chi connectivity index (χ3n) is 2.55. The van der Waals surface area contributed by atoms with Gasteiger partial charge in [0.25, 0.3) is 5.91 Å². The number of nitrogens with one attached hydrogen (secondary N) is 2. The van der Waals surface area contributed by atoms with Crippen LogP contribution in [0.2, 0.25) is 0 Å². The lowest BCUT2D eigenvalue weighted by molar-refractivity contribution is 0.0526. The Morgan fingerprint density at radius 2 is 2.35 bits per heavy atom. The van der Waals surface area contributed by atoms with Gasteiger partial charge in [-0.3, -0.25) is 9.89 Å². The monoisotopic (exact) mass is 294 g/mol. The van der Waals surface area contributed by atoms with Crippen molar-refractivity contribution in [1.82, 2.24) is 20.5 Å². The number of aromatic amines is 1. The van der Waals surface area contributed by atoms with E-state index in [0.29, 0.717) is 0 Å². The van der Waals surface area contributed by atoms with E-state index in [4.69, 9.17) is 4.74 Å². The minimum absolute atomic E-state index is 0.174. The second kappa shape index (κ2) is 6.29. The Morgan fingerprint density at radius 1 is 1.55 bits per heavy atom. The summed E-state index contributed by atoms with van der Waals surface area (Å²) < 4.78 is 4.83. The average Bonchev–Trinajstić information content (AvgIpc) is 3.10.